The highest BCUT2D eigenvalue weighted by Crippen LogP contribution is 2.25. The van der Waals surface area contributed by atoms with E-state index >= 15 is 0 Å². The van der Waals surface area contributed by atoms with Gasteiger partial charge in [0.1, 0.15) is 9.47 Å². The van der Waals surface area contributed by atoms with E-state index in [1.165, 1.54) is 24.3 Å². The molecule has 1 atom stereocenters. The van der Waals surface area contributed by atoms with Crippen LogP contribution in [0.1, 0.15) is 18.1 Å². The molecule has 0 spiro atoms. The lowest BCUT2D eigenvalue weighted by molar-refractivity contribution is -0.274. The summed E-state index contributed by atoms with van der Waals surface area (Å²) in [5.74, 6) is -0.266. The van der Waals surface area contributed by atoms with Gasteiger partial charge < -0.3 is 10.5 Å². The second kappa shape index (κ2) is 8.72. The first-order chi connectivity index (χ1) is 12.1. The maximum Gasteiger partial charge on any atom is 0.573 e. The maximum atomic E-state index is 12.2. The standard InChI is InChI=1S/C18H19F3IN3O/c1-12(23)11-13-3-5-14(6-4-13)17(22)24-25(2)15-7-9-16(10-8-15)26-18(19,20)21/h3-10,12H,11,23H2,1-2H3/b24-17-/t12-/m0/s1. The van der Waals surface area contributed by atoms with Crippen molar-refractivity contribution in [2.24, 2.45) is 10.8 Å². The van der Waals surface area contributed by atoms with E-state index in [4.69, 9.17) is 5.73 Å². The number of hydrogen-bond donors (Lipinski definition) is 1. The van der Waals surface area contributed by atoms with Gasteiger partial charge in [-0.3, -0.25) is 5.01 Å². The van der Waals surface area contributed by atoms with Gasteiger partial charge in [0, 0.05) is 18.7 Å². The number of anilines is 1. The summed E-state index contributed by atoms with van der Waals surface area (Å²) in [5.41, 5.74) is 8.54. The molecule has 0 aliphatic carbocycles. The number of benzene rings is 2. The molecule has 0 aromatic heterocycles. The summed E-state index contributed by atoms with van der Waals surface area (Å²) < 4.78 is 41.2. The highest BCUT2D eigenvalue weighted by atomic mass is 127. The molecule has 2 rings (SSSR count). The van der Waals surface area contributed by atoms with Crippen LogP contribution in [0.4, 0.5) is 18.9 Å². The summed E-state index contributed by atoms with van der Waals surface area (Å²) >= 11 is 2.12. The van der Waals surface area contributed by atoms with Crippen LogP contribution in [0, 0.1) is 0 Å². The minimum Gasteiger partial charge on any atom is -0.406 e. The molecular weight excluding hydrogens is 458 g/mol. The Kier molecular flexibility index (Phi) is 6.87. The Morgan fingerprint density at radius 3 is 2.23 bits per heavy atom. The van der Waals surface area contributed by atoms with Crippen LogP contribution >= 0.6 is 22.6 Å². The largest absolute Gasteiger partial charge is 0.573 e. The molecule has 2 N–H and O–H groups in total. The van der Waals surface area contributed by atoms with Crippen molar-refractivity contribution in [1.29, 1.82) is 0 Å². The van der Waals surface area contributed by atoms with Crippen LogP contribution in [-0.2, 0) is 6.42 Å². The van der Waals surface area contributed by atoms with E-state index in [2.05, 4.69) is 32.4 Å². The third-order valence-corrected chi connectivity index (χ3v) is 4.27. The van der Waals surface area contributed by atoms with Crippen LogP contribution in [0.25, 0.3) is 0 Å². The topological polar surface area (TPSA) is 50.8 Å². The van der Waals surface area contributed by atoms with E-state index in [9.17, 15) is 13.2 Å². The number of halogens is 4. The second-order valence-electron chi connectivity index (χ2n) is 5.83. The first-order valence-corrected chi connectivity index (χ1v) is 8.90. The Morgan fingerprint density at radius 1 is 1.15 bits per heavy atom. The lowest BCUT2D eigenvalue weighted by Crippen LogP contribution is -2.17. The fraction of sp³-hybridized carbons (Fsp3) is 0.278. The van der Waals surface area contributed by atoms with E-state index in [0.717, 1.165) is 21.3 Å². The van der Waals surface area contributed by atoms with Crippen molar-refractivity contribution in [3.8, 4) is 5.75 Å². The first kappa shape index (κ1) is 20.5. The molecule has 0 saturated carbocycles. The lowest BCUT2D eigenvalue weighted by Gasteiger charge is -2.15. The van der Waals surface area contributed by atoms with Crippen LogP contribution in [0.2, 0.25) is 0 Å². The molecule has 2 aromatic rings. The highest BCUT2D eigenvalue weighted by molar-refractivity contribution is 14.1. The summed E-state index contributed by atoms with van der Waals surface area (Å²) in [6.45, 7) is 1.96. The van der Waals surface area contributed by atoms with Crippen LogP contribution in [-0.4, -0.2) is 23.2 Å². The van der Waals surface area contributed by atoms with Gasteiger partial charge in [0.15, 0.2) is 0 Å². The molecule has 140 valence electrons. The number of alkyl halides is 3. The van der Waals surface area contributed by atoms with Gasteiger partial charge in [0.05, 0.1) is 5.69 Å². The van der Waals surface area contributed by atoms with Crippen LogP contribution in [0.3, 0.4) is 0 Å². The Balaban J connectivity index is 2.08. The van der Waals surface area contributed by atoms with Crippen molar-refractivity contribution in [2.75, 3.05) is 12.1 Å². The predicted molar refractivity (Wildman–Crippen MR) is 106 cm³/mol. The van der Waals surface area contributed by atoms with Crippen molar-refractivity contribution in [1.82, 2.24) is 0 Å². The molecule has 0 saturated heterocycles. The average Bonchev–Trinajstić information content (AvgIpc) is 2.54. The smallest absolute Gasteiger partial charge is 0.406 e. The molecule has 0 bridgehead atoms. The van der Waals surface area contributed by atoms with Gasteiger partial charge in [0.25, 0.3) is 0 Å². The van der Waals surface area contributed by atoms with Crippen molar-refractivity contribution in [2.45, 2.75) is 25.7 Å². The molecule has 0 aliphatic rings. The van der Waals surface area contributed by atoms with Gasteiger partial charge in [-0.2, -0.15) is 5.10 Å². The average molecular weight is 477 g/mol. The zero-order chi connectivity index (χ0) is 19.3. The van der Waals surface area contributed by atoms with Gasteiger partial charge in [-0.05, 0) is 65.8 Å². The molecule has 0 unspecified atom stereocenters. The second-order valence-corrected chi connectivity index (χ2v) is 6.86. The van der Waals surface area contributed by atoms with E-state index in [0.29, 0.717) is 5.69 Å². The quantitative estimate of drug-likeness (QED) is 0.373. The van der Waals surface area contributed by atoms with Crippen molar-refractivity contribution in [3.05, 3.63) is 59.7 Å². The summed E-state index contributed by atoms with van der Waals surface area (Å²) in [6, 6.07) is 13.6. The summed E-state index contributed by atoms with van der Waals surface area (Å²) in [5, 5.41) is 6.05. The van der Waals surface area contributed by atoms with Gasteiger partial charge in [-0.1, -0.05) is 24.3 Å². The van der Waals surface area contributed by atoms with Crippen molar-refractivity contribution >= 4 is 32.0 Å². The molecule has 8 heteroatoms. The van der Waals surface area contributed by atoms with E-state index in [-0.39, 0.29) is 11.8 Å². The normalized spacial score (nSPS) is 13.4. The molecule has 26 heavy (non-hydrogen) atoms. The number of rotatable bonds is 6. The van der Waals surface area contributed by atoms with Crippen molar-refractivity contribution < 1.29 is 17.9 Å². The minimum atomic E-state index is -4.70. The van der Waals surface area contributed by atoms with Crippen LogP contribution < -0.4 is 15.5 Å². The molecule has 0 fully saturated rings. The minimum absolute atomic E-state index is 0.101. The summed E-state index contributed by atoms with van der Waals surface area (Å²) in [7, 11) is 1.72. The number of hydrogen-bond acceptors (Lipinski definition) is 4. The molecule has 0 aliphatic heterocycles. The zero-order valence-corrected chi connectivity index (χ0v) is 16.5. The molecule has 0 amide bonds. The number of nitrogens with zero attached hydrogens (tertiary/aromatic N) is 2. The van der Waals surface area contributed by atoms with Gasteiger partial charge in [-0.25, -0.2) is 0 Å². The molecular formula is C18H19F3IN3O. The van der Waals surface area contributed by atoms with Gasteiger partial charge >= 0.3 is 6.36 Å². The fourth-order valence-corrected chi connectivity index (χ4v) is 2.94. The van der Waals surface area contributed by atoms with Crippen LogP contribution in [0.5, 0.6) is 5.75 Å². The van der Waals surface area contributed by atoms with Crippen molar-refractivity contribution in [3.63, 3.8) is 0 Å². The number of nitrogens with two attached hydrogens (primary N) is 1. The maximum absolute atomic E-state index is 12.2. The van der Waals surface area contributed by atoms with Gasteiger partial charge in [-0.15, -0.1) is 13.2 Å². The Morgan fingerprint density at radius 2 is 1.73 bits per heavy atom. The summed E-state index contributed by atoms with van der Waals surface area (Å²) in [4.78, 5) is 0. The Hall–Kier alpha value is -1.81. The third-order valence-electron chi connectivity index (χ3n) is 3.43. The molecule has 4 nitrogen and oxygen atoms in total. The molecule has 2 aromatic carbocycles. The predicted octanol–water partition coefficient (Wildman–Crippen LogP) is 4.71. The highest BCUT2D eigenvalue weighted by Gasteiger charge is 2.30. The molecule has 0 radical (unpaired) electrons. The number of hydrazone groups is 1. The van der Waals surface area contributed by atoms with Crippen LogP contribution in [0.15, 0.2) is 53.6 Å². The monoisotopic (exact) mass is 477 g/mol. The molecule has 0 heterocycles. The Bertz CT molecular complexity index is 744. The van der Waals surface area contributed by atoms with E-state index < -0.39 is 6.36 Å². The first-order valence-electron chi connectivity index (χ1n) is 7.82. The van der Waals surface area contributed by atoms with E-state index in [1.54, 1.807) is 12.1 Å². The third kappa shape index (κ3) is 6.49. The summed E-state index contributed by atoms with van der Waals surface area (Å²) in [6.07, 6.45) is -3.89. The zero-order valence-electron chi connectivity index (χ0n) is 14.3. The Labute approximate surface area is 164 Å². The van der Waals surface area contributed by atoms with E-state index in [1.807, 2.05) is 31.2 Å². The lowest BCUT2D eigenvalue weighted by atomic mass is 10.1. The SMILES string of the molecule is C[C@H](N)Cc1ccc(/C(I)=N/N(C)c2ccc(OC(F)(F)F)cc2)cc1. The fourth-order valence-electron chi connectivity index (χ4n) is 2.26. The number of ether oxygens (including phenoxy) is 1. The van der Waals surface area contributed by atoms with Gasteiger partial charge in [0.2, 0.25) is 0 Å².